The molecule has 1 aliphatic rings. The highest BCUT2D eigenvalue weighted by atomic mass is 35.5. The van der Waals surface area contributed by atoms with E-state index in [0.29, 0.717) is 31.0 Å². The van der Waals surface area contributed by atoms with Gasteiger partial charge < -0.3 is 9.64 Å². The van der Waals surface area contributed by atoms with Crippen molar-refractivity contribution in [3.05, 3.63) is 16.4 Å². The van der Waals surface area contributed by atoms with Gasteiger partial charge in [-0.2, -0.15) is 18.3 Å². The first-order valence-corrected chi connectivity index (χ1v) is 5.87. The van der Waals surface area contributed by atoms with Gasteiger partial charge in [-0.15, -0.1) is 0 Å². The van der Waals surface area contributed by atoms with E-state index in [1.807, 2.05) is 0 Å². The van der Waals surface area contributed by atoms with Crippen molar-refractivity contribution in [3.8, 4) is 0 Å². The number of carbonyl (C=O) groups is 1. The van der Waals surface area contributed by atoms with Gasteiger partial charge in [0, 0.05) is 20.1 Å². The highest BCUT2D eigenvalue weighted by molar-refractivity contribution is 6.34. The Morgan fingerprint density at radius 3 is 2.42 bits per heavy atom. The fraction of sp³-hybridized carbons (Fsp3) is 0.600. The Hall–Kier alpha value is -1.28. The number of hydrogen-bond donors (Lipinski definition) is 0. The zero-order valence-electron chi connectivity index (χ0n) is 10.00. The second kappa shape index (κ2) is 5.01. The maximum absolute atomic E-state index is 12.7. The number of aromatic nitrogens is 2. The second-order valence-electron chi connectivity index (χ2n) is 4.04. The summed E-state index contributed by atoms with van der Waals surface area (Å²) in [4.78, 5) is 13.4. The molecule has 2 rings (SSSR count). The van der Waals surface area contributed by atoms with Gasteiger partial charge in [0.25, 0.3) is 5.91 Å². The Kier molecular flexibility index (Phi) is 3.73. The third-order valence-electron chi connectivity index (χ3n) is 2.76. The summed E-state index contributed by atoms with van der Waals surface area (Å²) in [5.41, 5.74) is -1.50. The molecule has 1 aliphatic heterocycles. The lowest BCUT2D eigenvalue weighted by Gasteiger charge is -2.26. The molecule has 1 amide bonds. The molecular weight excluding hydrogens is 287 g/mol. The van der Waals surface area contributed by atoms with Gasteiger partial charge in [0.2, 0.25) is 0 Å². The fourth-order valence-electron chi connectivity index (χ4n) is 1.86. The molecule has 0 aliphatic carbocycles. The quantitative estimate of drug-likeness (QED) is 0.790. The minimum absolute atomic E-state index is 0.313. The summed E-state index contributed by atoms with van der Waals surface area (Å²) >= 11 is 5.65. The zero-order valence-corrected chi connectivity index (χ0v) is 10.8. The van der Waals surface area contributed by atoms with Gasteiger partial charge in [-0.3, -0.25) is 9.48 Å². The van der Waals surface area contributed by atoms with Crippen molar-refractivity contribution in [2.24, 2.45) is 7.05 Å². The highest BCUT2D eigenvalue weighted by Crippen LogP contribution is 2.36. The molecule has 2 heterocycles. The van der Waals surface area contributed by atoms with E-state index in [1.54, 1.807) is 0 Å². The molecule has 0 radical (unpaired) electrons. The number of halogens is 4. The monoisotopic (exact) mass is 297 g/mol. The van der Waals surface area contributed by atoms with Crippen LogP contribution in [0.4, 0.5) is 13.2 Å². The molecule has 0 N–H and O–H groups in total. The number of alkyl halides is 3. The van der Waals surface area contributed by atoms with E-state index in [0.717, 1.165) is 7.05 Å². The SMILES string of the molecule is Cn1nc(C(=O)N2CCOCC2)c(Cl)c1C(F)(F)F. The Balaban J connectivity index is 2.33. The summed E-state index contributed by atoms with van der Waals surface area (Å²) in [6, 6.07) is 0. The molecule has 1 aromatic rings. The average molecular weight is 298 g/mol. The molecule has 1 saturated heterocycles. The van der Waals surface area contributed by atoms with E-state index in [2.05, 4.69) is 5.10 Å². The van der Waals surface area contributed by atoms with Gasteiger partial charge in [-0.05, 0) is 0 Å². The Labute approximate surface area is 111 Å². The van der Waals surface area contributed by atoms with Crippen molar-refractivity contribution in [2.75, 3.05) is 26.3 Å². The van der Waals surface area contributed by atoms with Crippen LogP contribution in [0.25, 0.3) is 0 Å². The zero-order chi connectivity index (χ0) is 14.2. The van der Waals surface area contributed by atoms with Gasteiger partial charge >= 0.3 is 6.18 Å². The number of morpholine rings is 1. The van der Waals surface area contributed by atoms with Gasteiger partial charge in [0.15, 0.2) is 11.4 Å². The van der Waals surface area contributed by atoms with Crippen molar-refractivity contribution in [3.63, 3.8) is 0 Å². The van der Waals surface area contributed by atoms with E-state index in [9.17, 15) is 18.0 Å². The third kappa shape index (κ3) is 2.69. The van der Waals surface area contributed by atoms with Gasteiger partial charge in [-0.25, -0.2) is 0 Å². The lowest BCUT2D eigenvalue weighted by Crippen LogP contribution is -2.41. The fourth-order valence-corrected chi connectivity index (χ4v) is 2.21. The first kappa shape index (κ1) is 14.1. The number of carbonyl (C=O) groups excluding carboxylic acids is 1. The van der Waals surface area contributed by atoms with Gasteiger partial charge in [-0.1, -0.05) is 11.6 Å². The predicted octanol–water partition coefficient (Wildman–Crippen LogP) is 1.56. The summed E-state index contributed by atoms with van der Waals surface area (Å²) in [7, 11) is 1.10. The van der Waals surface area contributed by atoms with Crippen molar-refractivity contribution < 1.29 is 22.7 Å². The Bertz CT molecular complexity index is 495. The molecule has 1 aromatic heterocycles. The molecule has 1 fully saturated rings. The first-order chi connectivity index (χ1) is 8.82. The third-order valence-corrected chi connectivity index (χ3v) is 3.12. The molecule has 9 heteroatoms. The molecule has 19 heavy (non-hydrogen) atoms. The molecule has 0 spiro atoms. The lowest BCUT2D eigenvalue weighted by atomic mass is 10.3. The van der Waals surface area contributed by atoms with Crippen LogP contribution in [0.1, 0.15) is 16.2 Å². The molecule has 106 valence electrons. The number of ether oxygens (including phenoxy) is 1. The largest absolute Gasteiger partial charge is 0.434 e. The van der Waals surface area contributed by atoms with Crippen molar-refractivity contribution >= 4 is 17.5 Å². The maximum atomic E-state index is 12.7. The van der Waals surface area contributed by atoms with E-state index >= 15 is 0 Å². The number of amides is 1. The summed E-state index contributed by atoms with van der Waals surface area (Å²) in [6.07, 6.45) is -4.65. The van der Waals surface area contributed by atoms with E-state index < -0.39 is 22.8 Å². The highest BCUT2D eigenvalue weighted by Gasteiger charge is 2.40. The average Bonchev–Trinajstić information content (AvgIpc) is 2.64. The topological polar surface area (TPSA) is 47.4 Å². The summed E-state index contributed by atoms with van der Waals surface area (Å²) < 4.78 is 43.9. The van der Waals surface area contributed by atoms with Crippen LogP contribution in [0.3, 0.4) is 0 Å². The second-order valence-corrected chi connectivity index (χ2v) is 4.42. The van der Waals surface area contributed by atoms with Crippen LogP contribution in [-0.2, 0) is 18.0 Å². The number of nitrogens with zero attached hydrogens (tertiary/aromatic N) is 3. The standard InChI is InChI=1S/C10H11ClF3N3O2/c1-16-8(10(12,13)14)6(11)7(15-16)9(18)17-2-4-19-5-3-17/h2-5H2,1H3. The summed E-state index contributed by atoms with van der Waals surface area (Å²) in [5, 5.41) is 2.92. The van der Waals surface area contributed by atoms with Crippen LogP contribution >= 0.6 is 11.6 Å². The predicted molar refractivity (Wildman–Crippen MR) is 59.9 cm³/mol. The minimum atomic E-state index is -4.65. The van der Waals surface area contributed by atoms with Crippen LogP contribution < -0.4 is 0 Å². The molecule has 0 atom stereocenters. The Morgan fingerprint density at radius 1 is 1.37 bits per heavy atom. The molecule has 0 bridgehead atoms. The number of aryl methyl sites for hydroxylation is 1. The van der Waals surface area contributed by atoms with Crippen LogP contribution in [-0.4, -0.2) is 46.9 Å². The van der Waals surface area contributed by atoms with Crippen LogP contribution in [0.2, 0.25) is 5.02 Å². The van der Waals surface area contributed by atoms with Crippen molar-refractivity contribution in [1.29, 1.82) is 0 Å². The van der Waals surface area contributed by atoms with Crippen molar-refractivity contribution in [1.82, 2.24) is 14.7 Å². The number of hydrogen-bond acceptors (Lipinski definition) is 3. The minimum Gasteiger partial charge on any atom is -0.378 e. The van der Waals surface area contributed by atoms with E-state index in [4.69, 9.17) is 16.3 Å². The summed E-state index contributed by atoms with van der Waals surface area (Å²) in [6.45, 7) is 1.32. The van der Waals surface area contributed by atoms with Crippen molar-refractivity contribution in [2.45, 2.75) is 6.18 Å². The van der Waals surface area contributed by atoms with E-state index in [-0.39, 0.29) is 5.69 Å². The summed E-state index contributed by atoms with van der Waals surface area (Å²) in [5.74, 6) is -0.612. The number of rotatable bonds is 1. The first-order valence-electron chi connectivity index (χ1n) is 5.49. The molecular formula is C10H11ClF3N3O2. The normalized spacial score (nSPS) is 16.8. The van der Waals surface area contributed by atoms with Crippen LogP contribution in [0.5, 0.6) is 0 Å². The molecule has 0 unspecified atom stereocenters. The van der Waals surface area contributed by atoms with Gasteiger partial charge in [0.1, 0.15) is 5.02 Å². The van der Waals surface area contributed by atoms with E-state index in [1.165, 1.54) is 4.90 Å². The maximum Gasteiger partial charge on any atom is 0.434 e. The Morgan fingerprint density at radius 2 is 1.95 bits per heavy atom. The van der Waals surface area contributed by atoms with Crippen LogP contribution in [0.15, 0.2) is 0 Å². The molecule has 0 saturated carbocycles. The van der Waals surface area contributed by atoms with Crippen LogP contribution in [0, 0.1) is 0 Å². The lowest BCUT2D eigenvalue weighted by molar-refractivity contribution is -0.143. The molecule has 0 aromatic carbocycles. The molecule has 5 nitrogen and oxygen atoms in total. The smallest absolute Gasteiger partial charge is 0.378 e. The van der Waals surface area contributed by atoms with Gasteiger partial charge in [0.05, 0.1) is 13.2 Å².